The van der Waals surface area contributed by atoms with Gasteiger partial charge in [-0.25, -0.2) is 4.39 Å². The topological polar surface area (TPSA) is 30.0 Å². The number of Topliss-reactive ketones (excluding diaryl/α,β-unsaturated/α-hetero) is 1. The molecule has 0 unspecified atom stereocenters. The highest BCUT2D eigenvalue weighted by molar-refractivity contribution is 9.09. The van der Waals surface area contributed by atoms with Crippen molar-refractivity contribution in [2.24, 2.45) is 0 Å². The van der Waals surface area contributed by atoms with E-state index in [1.165, 1.54) is 24.3 Å². The molecular weight excluding hydrogens is 285 g/mol. The summed E-state index contributed by atoms with van der Waals surface area (Å²) >= 11 is 3.34. The molecule has 4 heteroatoms. The van der Waals surface area contributed by atoms with Crippen molar-refractivity contribution in [3.05, 3.63) is 65.7 Å². The average molecular weight is 294 g/mol. The van der Waals surface area contributed by atoms with Gasteiger partial charge in [0, 0.05) is 18.0 Å². The van der Waals surface area contributed by atoms with E-state index in [9.17, 15) is 9.18 Å². The predicted molar refractivity (Wildman–Crippen MR) is 66.6 cm³/mol. The van der Waals surface area contributed by atoms with E-state index in [1.54, 1.807) is 24.5 Å². The van der Waals surface area contributed by atoms with E-state index in [-0.39, 0.29) is 11.6 Å². The molecule has 2 aromatic rings. The molecule has 1 aromatic carbocycles. The summed E-state index contributed by atoms with van der Waals surface area (Å²) in [5.74, 6) is -0.451. The van der Waals surface area contributed by atoms with Crippen LogP contribution in [0.15, 0.2) is 48.8 Å². The molecule has 2 rings (SSSR count). The van der Waals surface area contributed by atoms with Gasteiger partial charge in [0.2, 0.25) is 0 Å². The van der Waals surface area contributed by atoms with Crippen molar-refractivity contribution in [1.29, 1.82) is 0 Å². The minimum Gasteiger partial charge on any atom is -0.293 e. The van der Waals surface area contributed by atoms with Crippen LogP contribution in [-0.4, -0.2) is 10.8 Å². The Morgan fingerprint density at radius 1 is 1.12 bits per heavy atom. The number of nitrogens with zero attached hydrogens (tertiary/aromatic N) is 1. The first-order valence-electron chi connectivity index (χ1n) is 5.02. The van der Waals surface area contributed by atoms with Crippen LogP contribution in [0.5, 0.6) is 0 Å². The zero-order valence-corrected chi connectivity index (χ0v) is 10.4. The zero-order valence-electron chi connectivity index (χ0n) is 8.81. The number of alkyl halides is 1. The number of hydrogen-bond donors (Lipinski definition) is 0. The third-order valence-corrected chi connectivity index (χ3v) is 3.30. The molecule has 0 saturated heterocycles. The molecule has 0 N–H and O–H groups in total. The van der Waals surface area contributed by atoms with Gasteiger partial charge in [-0.1, -0.05) is 15.9 Å². The lowest BCUT2D eigenvalue weighted by molar-refractivity contribution is 0.0991. The van der Waals surface area contributed by atoms with Gasteiger partial charge in [-0.3, -0.25) is 9.78 Å². The maximum absolute atomic E-state index is 12.7. The van der Waals surface area contributed by atoms with Crippen molar-refractivity contribution < 1.29 is 9.18 Å². The summed E-state index contributed by atoms with van der Waals surface area (Å²) in [6, 6.07) is 9.04. The van der Waals surface area contributed by atoms with E-state index in [0.29, 0.717) is 5.56 Å². The molecule has 1 aromatic heterocycles. The van der Waals surface area contributed by atoms with E-state index in [4.69, 9.17) is 0 Å². The van der Waals surface area contributed by atoms with Gasteiger partial charge in [0.05, 0.1) is 0 Å². The molecule has 0 saturated carbocycles. The second-order valence-electron chi connectivity index (χ2n) is 3.51. The lowest BCUT2D eigenvalue weighted by Gasteiger charge is -2.08. The van der Waals surface area contributed by atoms with E-state index in [2.05, 4.69) is 20.9 Å². The van der Waals surface area contributed by atoms with Gasteiger partial charge >= 0.3 is 0 Å². The van der Waals surface area contributed by atoms with Gasteiger partial charge in [-0.15, -0.1) is 0 Å². The minimum absolute atomic E-state index is 0.101. The van der Waals surface area contributed by atoms with Gasteiger partial charge in [-0.05, 0) is 42.0 Å². The molecule has 2 nitrogen and oxygen atoms in total. The number of hydrogen-bond acceptors (Lipinski definition) is 2. The van der Waals surface area contributed by atoms with Gasteiger partial charge in [0.15, 0.2) is 5.78 Å². The Kier molecular flexibility index (Phi) is 3.64. The molecule has 0 spiro atoms. The molecule has 0 aliphatic heterocycles. The first-order chi connectivity index (χ1) is 8.18. The summed E-state index contributed by atoms with van der Waals surface area (Å²) in [7, 11) is 0. The fourth-order valence-corrected chi connectivity index (χ4v) is 2.01. The van der Waals surface area contributed by atoms with Crippen LogP contribution in [0.3, 0.4) is 0 Å². The lowest BCUT2D eigenvalue weighted by Crippen LogP contribution is -2.07. The third-order valence-electron chi connectivity index (χ3n) is 2.36. The van der Waals surface area contributed by atoms with Crippen LogP contribution < -0.4 is 0 Å². The largest absolute Gasteiger partial charge is 0.293 e. The highest BCUT2D eigenvalue weighted by Crippen LogP contribution is 2.26. The molecule has 0 bridgehead atoms. The van der Waals surface area contributed by atoms with Gasteiger partial charge in [0.25, 0.3) is 0 Å². The predicted octanol–water partition coefficient (Wildman–Crippen LogP) is 3.54. The van der Waals surface area contributed by atoms with Crippen molar-refractivity contribution in [3.63, 3.8) is 0 Å². The Balaban J connectivity index is 2.23. The van der Waals surface area contributed by atoms with Crippen molar-refractivity contribution in [3.8, 4) is 0 Å². The Morgan fingerprint density at radius 3 is 2.29 bits per heavy atom. The Morgan fingerprint density at radius 2 is 1.71 bits per heavy atom. The summed E-state index contributed by atoms with van der Waals surface area (Å²) in [6.07, 6.45) is 3.25. The first-order valence-corrected chi connectivity index (χ1v) is 5.94. The van der Waals surface area contributed by atoms with Crippen LogP contribution in [0.4, 0.5) is 4.39 Å². The van der Waals surface area contributed by atoms with E-state index >= 15 is 0 Å². The molecule has 17 heavy (non-hydrogen) atoms. The quantitative estimate of drug-likeness (QED) is 0.640. The molecule has 1 atom stereocenters. The third kappa shape index (κ3) is 2.77. The number of ketones is 1. The summed E-state index contributed by atoms with van der Waals surface area (Å²) in [6.45, 7) is 0. The fraction of sp³-hybridized carbons (Fsp3) is 0.0769. The van der Waals surface area contributed by atoms with Crippen molar-refractivity contribution in [2.75, 3.05) is 0 Å². The SMILES string of the molecule is O=C(c1ccc(F)cc1)[C@H](Br)c1ccncc1. The molecule has 0 aliphatic rings. The number of carbonyl (C=O) groups is 1. The second kappa shape index (κ2) is 5.19. The van der Waals surface area contributed by atoms with Crippen LogP contribution in [0.25, 0.3) is 0 Å². The molecular formula is C13H9BrFNO. The summed E-state index contributed by atoms with van der Waals surface area (Å²) < 4.78 is 12.7. The number of carbonyl (C=O) groups excluding carboxylic acids is 1. The van der Waals surface area contributed by atoms with E-state index in [0.717, 1.165) is 5.56 Å². The maximum atomic E-state index is 12.7. The first kappa shape index (κ1) is 11.9. The molecule has 0 fully saturated rings. The summed E-state index contributed by atoms with van der Waals surface area (Å²) in [5.41, 5.74) is 1.31. The van der Waals surface area contributed by atoms with E-state index < -0.39 is 4.83 Å². The second-order valence-corrected chi connectivity index (χ2v) is 4.43. The number of aromatic nitrogens is 1. The lowest BCUT2D eigenvalue weighted by atomic mass is 10.0. The van der Waals surface area contributed by atoms with Crippen LogP contribution >= 0.6 is 15.9 Å². The fourth-order valence-electron chi connectivity index (χ4n) is 1.44. The summed E-state index contributed by atoms with van der Waals surface area (Å²) in [4.78, 5) is 15.5. The Hall–Kier alpha value is -1.55. The molecule has 0 amide bonds. The molecule has 86 valence electrons. The standard InChI is InChI=1S/C13H9BrFNO/c14-12(9-5-7-16-8-6-9)13(17)10-1-3-11(15)4-2-10/h1-8,12H/t12-/m1/s1. The smallest absolute Gasteiger partial charge is 0.180 e. The maximum Gasteiger partial charge on any atom is 0.180 e. The van der Waals surface area contributed by atoms with Crippen LogP contribution in [0.1, 0.15) is 20.7 Å². The summed E-state index contributed by atoms with van der Waals surface area (Å²) in [5, 5.41) is 0. The number of halogens is 2. The van der Waals surface area contributed by atoms with Crippen LogP contribution in [0, 0.1) is 5.82 Å². The van der Waals surface area contributed by atoms with Crippen LogP contribution in [-0.2, 0) is 0 Å². The molecule has 0 radical (unpaired) electrons. The van der Waals surface area contributed by atoms with Gasteiger partial charge < -0.3 is 0 Å². The van der Waals surface area contributed by atoms with Crippen molar-refractivity contribution >= 4 is 21.7 Å². The van der Waals surface area contributed by atoms with Gasteiger partial charge in [-0.2, -0.15) is 0 Å². The van der Waals surface area contributed by atoms with Crippen molar-refractivity contribution in [1.82, 2.24) is 4.98 Å². The van der Waals surface area contributed by atoms with Crippen molar-refractivity contribution in [2.45, 2.75) is 4.83 Å². The molecule has 0 aliphatic carbocycles. The zero-order chi connectivity index (χ0) is 12.3. The van der Waals surface area contributed by atoms with Crippen LogP contribution in [0.2, 0.25) is 0 Å². The number of benzene rings is 1. The number of pyridine rings is 1. The van der Waals surface area contributed by atoms with E-state index in [1.807, 2.05) is 0 Å². The normalized spacial score (nSPS) is 12.1. The van der Waals surface area contributed by atoms with Gasteiger partial charge in [0.1, 0.15) is 10.6 Å². The monoisotopic (exact) mass is 293 g/mol. The average Bonchev–Trinajstić information content (AvgIpc) is 2.39. The number of rotatable bonds is 3. The Labute approximate surface area is 107 Å². The minimum atomic E-state index is -0.434. The Bertz CT molecular complexity index is 513. The highest BCUT2D eigenvalue weighted by atomic mass is 79.9. The molecule has 1 heterocycles. The highest BCUT2D eigenvalue weighted by Gasteiger charge is 2.18.